The minimum absolute atomic E-state index is 0.0440. The van der Waals surface area contributed by atoms with Crippen molar-refractivity contribution in [2.75, 3.05) is 13.1 Å². The van der Waals surface area contributed by atoms with Crippen LogP contribution < -0.4 is 5.32 Å². The molecule has 1 saturated heterocycles. The fraction of sp³-hybridized carbons (Fsp3) is 0.769. The van der Waals surface area contributed by atoms with Gasteiger partial charge in [-0.25, -0.2) is 4.79 Å². The molecular formula is C13H22N2O4. The van der Waals surface area contributed by atoms with Crippen molar-refractivity contribution in [2.24, 2.45) is 0 Å². The van der Waals surface area contributed by atoms with E-state index in [4.69, 9.17) is 5.11 Å². The smallest absolute Gasteiger partial charge is 0.326 e. The Hall–Kier alpha value is -1.59. The third kappa shape index (κ3) is 5.28. The van der Waals surface area contributed by atoms with Gasteiger partial charge in [0.2, 0.25) is 11.8 Å². The fourth-order valence-electron chi connectivity index (χ4n) is 2.31. The van der Waals surface area contributed by atoms with Gasteiger partial charge in [-0.1, -0.05) is 6.42 Å². The van der Waals surface area contributed by atoms with Crippen LogP contribution in [0.4, 0.5) is 0 Å². The maximum absolute atomic E-state index is 11.9. The molecule has 0 spiro atoms. The zero-order chi connectivity index (χ0) is 14.3. The molecule has 1 atom stereocenters. The number of carboxylic acid groups (broad SMARTS) is 1. The van der Waals surface area contributed by atoms with Crippen LogP contribution in [-0.4, -0.2) is 46.9 Å². The van der Waals surface area contributed by atoms with Gasteiger partial charge < -0.3 is 15.3 Å². The molecule has 6 heteroatoms. The molecule has 0 aromatic carbocycles. The first-order valence-corrected chi connectivity index (χ1v) is 6.79. The molecule has 2 amide bonds. The number of rotatable bonds is 7. The second kappa shape index (κ2) is 7.76. The minimum Gasteiger partial charge on any atom is -0.480 e. The van der Waals surface area contributed by atoms with Crippen LogP contribution in [0.25, 0.3) is 0 Å². The molecule has 1 unspecified atom stereocenters. The Morgan fingerprint density at radius 3 is 2.63 bits per heavy atom. The van der Waals surface area contributed by atoms with Gasteiger partial charge in [-0.15, -0.1) is 0 Å². The van der Waals surface area contributed by atoms with E-state index in [0.717, 1.165) is 25.7 Å². The summed E-state index contributed by atoms with van der Waals surface area (Å²) in [6, 6.07) is -0.633. The highest BCUT2D eigenvalue weighted by Crippen LogP contribution is 2.19. The maximum Gasteiger partial charge on any atom is 0.326 e. The van der Waals surface area contributed by atoms with E-state index in [-0.39, 0.29) is 11.8 Å². The first-order chi connectivity index (χ1) is 9.02. The summed E-state index contributed by atoms with van der Waals surface area (Å²) in [5.74, 6) is -1.02. The predicted molar refractivity (Wildman–Crippen MR) is 69.5 cm³/mol. The first-order valence-electron chi connectivity index (χ1n) is 6.79. The highest BCUT2D eigenvalue weighted by Gasteiger charge is 2.33. The molecule has 108 valence electrons. The monoisotopic (exact) mass is 270 g/mol. The number of carbonyl (C=O) groups excluding carboxylic acids is 2. The predicted octanol–water partition coefficient (Wildman–Crippen LogP) is 0.758. The van der Waals surface area contributed by atoms with E-state index in [0.29, 0.717) is 25.9 Å². The van der Waals surface area contributed by atoms with E-state index < -0.39 is 12.0 Å². The number of carboxylic acids is 1. The normalized spacial score (nSPS) is 18.4. The van der Waals surface area contributed by atoms with E-state index in [1.807, 2.05) is 0 Å². The standard InChI is InChI=1S/C13H22N2O4/c1-10(16)14-8-4-2-3-7-12(17)15-9-5-6-11(15)13(18)19/h11H,2-9H2,1H3,(H,14,16)(H,18,19). The quantitative estimate of drug-likeness (QED) is 0.669. The Balaban J connectivity index is 2.17. The van der Waals surface area contributed by atoms with E-state index >= 15 is 0 Å². The van der Waals surface area contributed by atoms with Crippen LogP contribution in [0.3, 0.4) is 0 Å². The summed E-state index contributed by atoms with van der Waals surface area (Å²) in [5.41, 5.74) is 0. The van der Waals surface area contributed by atoms with Gasteiger partial charge in [0.15, 0.2) is 0 Å². The van der Waals surface area contributed by atoms with Crippen molar-refractivity contribution in [3.05, 3.63) is 0 Å². The second-order valence-electron chi connectivity index (χ2n) is 4.88. The third-order valence-corrected chi connectivity index (χ3v) is 3.30. The summed E-state index contributed by atoms with van der Waals surface area (Å²) in [6.07, 6.45) is 4.16. The average molecular weight is 270 g/mol. The number of amides is 2. The van der Waals surface area contributed by atoms with Crippen LogP contribution in [0.1, 0.15) is 45.4 Å². The highest BCUT2D eigenvalue weighted by atomic mass is 16.4. The van der Waals surface area contributed by atoms with Gasteiger partial charge in [0.1, 0.15) is 6.04 Å². The lowest BCUT2D eigenvalue weighted by molar-refractivity contribution is -0.148. The highest BCUT2D eigenvalue weighted by molar-refractivity contribution is 5.84. The second-order valence-corrected chi connectivity index (χ2v) is 4.88. The summed E-state index contributed by atoms with van der Waals surface area (Å²) >= 11 is 0. The third-order valence-electron chi connectivity index (χ3n) is 3.30. The Morgan fingerprint density at radius 1 is 1.26 bits per heavy atom. The maximum atomic E-state index is 11.9. The molecule has 1 heterocycles. The van der Waals surface area contributed by atoms with Gasteiger partial charge in [-0.3, -0.25) is 9.59 Å². The lowest BCUT2D eigenvalue weighted by Gasteiger charge is -2.21. The van der Waals surface area contributed by atoms with Gasteiger partial charge >= 0.3 is 5.97 Å². The Kier molecular flexibility index (Phi) is 6.32. The molecule has 1 aliphatic heterocycles. The van der Waals surface area contributed by atoms with Crippen LogP contribution in [-0.2, 0) is 14.4 Å². The molecule has 0 saturated carbocycles. The minimum atomic E-state index is -0.906. The zero-order valence-electron chi connectivity index (χ0n) is 11.4. The van der Waals surface area contributed by atoms with Gasteiger partial charge in [0.05, 0.1) is 0 Å². The van der Waals surface area contributed by atoms with Crippen molar-refractivity contribution < 1.29 is 19.5 Å². The molecule has 2 N–H and O–H groups in total. The van der Waals surface area contributed by atoms with Gasteiger partial charge in [-0.2, -0.15) is 0 Å². The summed E-state index contributed by atoms with van der Waals surface area (Å²) < 4.78 is 0. The average Bonchev–Trinajstić information content (AvgIpc) is 2.82. The van der Waals surface area contributed by atoms with Crippen molar-refractivity contribution in [3.63, 3.8) is 0 Å². The molecule has 0 radical (unpaired) electrons. The fourth-order valence-corrected chi connectivity index (χ4v) is 2.31. The van der Waals surface area contributed by atoms with E-state index in [9.17, 15) is 14.4 Å². The molecule has 1 rings (SSSR count). The number of aliphatic carboxylic acids is 1. The molecule has 0 aromatic rings. The van der Waals surface area contributed by atoms with Crippen molar-refractivity contribution in [3.8, 4) is 0 Å². The summed E-state index contributed by atoms with van der Waals surface area (Å²) in [7, 11) is 0. The number of nitrogens with one attached hydrogen (secondary N) is 1. The van der Waals surface area contributed by atoms with Gasteiger partial charge in [0, 0.05) is 26.4 Å². The van der Waals surface area contributed by atoms with Crippen molar-refractivity contribution in [1.82, 2.24) is 10.2 Å². The van der Waals surface area contributed by atoms with Gasteiger partial charge in [-0.05, 0) is 25.7 Å². The van der Waals surface area contributed by atoms with E-state index in [2.05, 4.69) is 5.32 Å². The van der Waals surface area contributed by atoms with Crippen molar-refractivity contribution >= 4 is 17.8 Å². The Bertz CT molecular complexity index is 344. The summed E-state index contributed by atoms with van der Waals surface area (Å²) in [4.78, 5) is 35.0. The lowest BCUT2D eigenvalue weighted by atomic mass is 10.1. The van der Waals surface area contributed by atoms with Crippen molar-refractivity contribution in [2.45, 2.75) is 51.5 Å². The first kappa shape index (κ1) is 15.5. The van der Waals surface area contributed by atoms with Crippen LogP contribution in [0.15, 0.2) is 0 Å². The van der Waals surface area contributed by atoms with Crippen LogP contribution in [0.5, 0.6) is 0 Å². The largest absolute Gasteiger partial charge is 0.480 e. The van der Waals surface area contributed by atoms with Crippen molar-refractivity contribution in [1.29, 1.82) is 0 Å². The SMILES string of the molecule is CC(=O)NCCCCCC(=O)N1CCCC1C(=O)O. The van der Waals surface area contributed by atoms with Crippen LogP contribution in [0.2, 0.25) is 0 Å². The topological polar surface area (TPSA) is 86.7 Å². The molecule has 6 nitrogen and oxygen atoms in total. The summed E-state index contributed by atoms with van der Waals surface area (Å²) in [6.45, 7) is 2.66. The molecule has 19 heavy (non-hydrogen) atoms. The van der Waals surface area contributed by atoms with E-state index in [1.54, 1.807) is 0 Å². The number of hydrogen-bond acceptors (Lipinski definition) is 3. The Labute approximate surface area is 113 Å². The molecule has 1 fully saturated rings. The molecule has 0 aliphatic carbocycles. The molecular weight excluding hydrogens is 248 g/mol. The number of nitrogens with zero attached hydrogens (tertiary/aromatic N) is 1. The van der Waals surface area contributed by atoms with Crippen LogP contribution in [0, 0.1) is 0 Å². The Morgan fingerprint density at radius 2 is 2.00 bits per heavy atom. The molecule has 0 bridgehead atoms. The number of unbranched alkanes of at least 4 members (excludes halogenated alkanes) is 2. The number of likely N-dealkylation sites (tertiary alicyclic amines) is 1. The van der Waals surface area contributed by atoms with Crippen LogP contribution >= 0.6 is 0 Å². The number of carbonyl (C=O) groups is 3. The molecule has 0 aromatic heterocycles. The zero-order valence-corrected chi connectivity index (χ0v) is 11.4. The van der Waals surface area contributed by atoms with E-state index in [1.165, 1.54) is 11.8 Å². The number of hydrogen-bond donors (Lipinski definition) is 2. The molecule has 1 aliphatic rings. The summed E-state index contributed by atoms with van der Waals surface area (Å²) in [5, 5.41) is 11.7. The lowest BCUT2D eigenvalue weighted by Crippen LogP contribution is -2.40. The van der Waals surface area contributed by atoms with Gasteiger partial charge in [0.25, 0.3) is 0 Å².